The van der Waals surface area contributed by atoms with Crippen molar-refractivity contribution in [3.8, 4) is 0 Å². The second kappa shape index (κ2) is 5.73. The Kier molecular flexibility index (Phi) is 4.73. The lowest BCUT2D eigenvalue weighted by Crippen LogP contribution is -2.47. The van der Waals surface area contributed by atoms with Crippen molar-refractivity contribution >= 4 is 12.0 Å². The smallest absolute Gasteiger partial charge is 0.411 e. The van der Waals surface area contributed by atoms with E-state index < -0.39 is 29.8 Å². The summed E-state index contributed by atoms with van der Waals surface area (Å²) in [5, 5.41) is 0.986. The summed E-state index contributed by atoms with van der Waals surface area (Å²) < 4.78 is 18.7. The van der Waals surface area contributed by atoms with Gasteiger partial charge in [0.05, 0.1) is 13.7 Å². The highest BCUT2D eigenvalue weighted by atomic mass is 19.1. The number of alkyl halides is 1. The number of halogens is 1. The van der Waals surface area contributed by atoms with E-state index in [9.17, 15) is 14.0 Å². The van der Waals surface area contributed by atoms with Crippen molar-refractivity contribution in [1.29, 1.82) is 0 Å². The van der Waals surface area contributed by atoms with Crippen LogP contribution in [0.25, 0.3) is 0 Å². The van der Waals surface area contributed by atoms with Gasteiger partial charge in [0.15, 0.2) is 0 Å². The van der Waals surface area contributed by atoms with Gasteiger partial charge in [-0.05, 0) is 20.8 Å². The van der Waals surface area contributed by atoms with Gasteiger partial charge in [0.2, 0.25) is 0 Å². The molecule has 0 spiro atoms. The van der Waals surface area contributed by atoms with Gasteiger partial charge in [-0.3, -0.25) is 14.5 Å². The molecular weight excluding hydrogens is 255 g/mol. The first-order valence-corrected chi connectivity index (χ1v) is 6.11. The van der Waals surface area contributed by atoms with Crippen LogP contribution in [0, 0.1) is 0 Å². The number of amides is 2. The number of carbonyl (C=O) groups is 2. The van der Waals surface area contributed by atoms with Gasteiger partial charge in [0.25, 0.3) is 5.91 Å². The Morgan fingerprint density at radius 1 is 1.37 bits per heavy atom. The van der Waals surface area contributed by atoms with Crippen molar-refractivity contribution in [3.63, 3.8) is 0 Å². The first-order valence-electron chi connectivity index (χ1n) is 6.11. The molecule has 1 saturated heterocycles. The summed E-state index contributed by atoms with van der Waals surface area (Å²) in [5.41, 5.74) is -0.688. The zero-order valence-electron chi connectivity index (χ0n) is 12.0. The number of rotatable bonds is 2. The van der Waals surface area contributed by atoms with Crippen LogP contribution in [0.1, 0.15) is 27.2 Å². The lowest BCUT2D eigenvalue weighted by molar-refractivity contribution is -0.173. The predicted octanol–water partition coefficient (Wildman–Crippen LogP) is 1.35. The molecular formula is C12H21FN2O4. The van der Waals surface area contributed by atoms with Gasteiger partial charge >= 0.3 is 6.09 Å². The van der Waals surface area contributed by atoms with Crippen LogP contribution >= 0.6 is 0 Å². The molecule has 1 rings (SSSR count). The third-order valence-electron chi connectivity index (χ3n) is 2.75. The maximum absolute atomic E-state index is 13.5. The van der Waals surface area contributed by atoms with E-state index in [0.29, 0.717) is 0 Å². The predicted molar refractivity (Wildman–Crippen MR) is 66.0 cm³/mol. The van der Waals surface area contributed by atoms with E-state index in [0.717, 1.165) is 9.96 Å². The average molecular weight is 276 g/mol. The third-order valence-corrected chi connectivity index (χ3v) is 2.75. The van der Waals surface area contributed by atoms with Crippen molar-refractivity contribution in [3.05, 3.63) is 0 Å². The Morgan fingerprint density at radius 2 is 1.95 bits per heavy atom. The van der Waals surface area contributed by atoms with E-state index in [1.54, 1.807) is 20.8 Å². The summed E-state index contributed by atoms with van der Waals surface area (Å²) in [4.78, 5) is 29.8. The number of likely N-dealkylation sites (N-methyl/N-ethyl adjacent to an activating group) is 1. The topological polar surface area (TPSA) is 59.1 Å². The summed E-state index contributed by atoms with van der Waals surface area (Å²) in [7, 11) is 2.75. The van der Waals surface area contributed by atoms with Crippen LogP contribution in [0.3, 0.4) is 0 Å². The van der Waals surface area contributed by atoms with E-state index in [1.807, 2.05) is 0 Å². The zero-order valence-corrected chi connectivity index (χ0v) is 12.0. The Hall–Kier alpha value is -1.37. The first kappa shape index (κ1) is 15.7. The van der Waals surface area contributed by atoms with Crippen LogP contribution in [0.15, 0.2) is 0 Å². The maximum atomic E-state index is 13.5. The molecule has 0 saturated carbocycles. The minimum absolute atomic E-state index is 0.0359. The number of hydrogen-bond acceptors (Lipinski definition) is 4. The molecule has 19 heavy (non-hydrogen) atoms. The van der Waals surface area contributed by atoms with Gasteiger partial charge in [-0.2, -0.15) is 0 Å². The second-order valence-electron chi connectivity index (χ2n) is 5.50. The third kappa shape index (κ3) is 4.05. The molecule has 1 heterocycles. The SMILES string of the molecule is CON(C)C(=O)[C@H]1C[C@@H](F)CN1C(=O)OC(C)(C)C. The van der Waals surface area contributed by atoms with Crippen molar-refractivity contribution in [2.45, 2.75) is 45.0 Å². The molecule has 0 aliphatic carbocycles. The van der Waals surface area contributed by atoms with Gasteiger partial charge in [-0.1, -0.05) is 0 Å². The number of ether oxygens (including phenoxy) is 1. The molecule has 0 radical (unpaired) electrons. The molecule has 0 bridgehead atoms. The summed E-state index contributed by atoms with van der Waals surface area (Å²) in [6.07, 6.45) is -1.95. The zero-order chi connectivity index (χ0) is 14.8. The second-order valence-corrected chi connectivity index (χ2v) is 5.50. The van der Waals surface area contributed by atoms with E-state index >= 15 is 0 Å². The Labute approximate surface area is 112 Å². The summed E-state index contributed by atoms with van der Waals surface area (Å²) in [6.45, 7) is 5.01. The van der Waals surface area contributed by atoms with Crippen LogP contribution in [-0.4, -0.2) is 60.5 Å². The molecule has 0 N–H and O–H groups in total. The van der Waals surface area contributed by atoms with Gasteiger partial charge in [-0.25, -0.2) is 14.2 Å². The number of hydrogen-bond donors (Lipinski definition) is 0. The standard InChI is InChI=1S/C12H21FN2O4/c1-12(2,3)19-11(17)15-7-8(13)6-9(15)10(16)14(4)18-5/h8-9H,6-7H2,1-5H3/t8-,9-/m1/s1. The van der Waals surface area contributed by atoms with Crippen LogP contribution in [0.2, 0.25) is 0 Å². The Bertz CT molecular complexity index is 356. The molecule has 0 aromatic rings. The van der Waals surface area contributed by atoms with Gasteiger partial charge < -0.3 is 4.74 Å². The lowest BCUT2D eigenvalue weighted by atomic mass is 10.2. The van der Waals surface area contributed by atoms with Crippen molar-refractivity contribution in [2.24, 2.45) is 0 Å². The number of likely N-dealkylation sites (tertiary alicyclic amines) is 1. The maximum Gasteiger partial charge on any atom is 0.411 e. The van der Waals surface area contributed by atoms with E-state index in [-0.39, 0.29) is 13.0 Å². The molecule has 0 aromatic heterocycles. The fourth-order valence-electron chi connectivity index (χ4n) is 1.84. The minimum atomic E-state index is -1.23. The number of hydroxylamine groups is 2. The van der Waals surface area contributed by atoms with Crippen molar-refractivity contribution in [1.82, 2.24) is 9.96 Å². The summed E-state index contributed by atoms with van der Waals surface area (Å²) >= 11 is 0. The molecule has 1 aliphatic rings. The first-order chi connectivity index (χ1) is 8.65. The molecule has 2 atom stereocenters. The van der Waals surface area contributed by atoms with Crippen LogP contribution < -0.4 is 0 Å². The quantitative estimate of drug-likeness (QED) is 0.714. The highest BCUT2D eigenvalue weighted by Crippen LogP contribution is 2.24. The molecule has 1 aliphatic heterocycles. The van der Waals surface area contributed by atoms with E-state index in [1.165, 1.54) is 14.2 Å². The molecule has 1 fully saturated rings. The highest BCUT2D eigenvalue weighted by Gasteiger charge is 2.42. The highest BCUT2D eigenvalue weighted by molar-refractivity contribution is 5.85. The van der Waals surface area contributed by atoms with Crippen molar-refractivity contribution in [2.75, 3.05) is 20.7 Å². The molecule has 110 valence electrons. The van der Waals surface area contributed by atoms with Crippen molar-refractivity contribution < 1.29 is 23.6 Å². The van der Waals surface area contributed by atoms with E-state index in [4.69, 9.17) is 9.57 Å². The molecule has 7 heteroatoms. The van der Waals surface area contributed by atoms with Gasteiger partial charge in [0.1, 0.15) is 17.8 Å². The number of nitrogens with zero attached hydrogens (tertiary/aromatic N) is 2. The molecule has 2 amide bonds. The fraction of sp³-hybridized carbons (Fsp3) is 0.833. The molecule has 0 aromatic carbocycles. The van der Waals surface area contributed by atoms with Gasteiger partial charge in [0, 0.05) is 13.5 Å². The van der Waals surface area contributed by atoms with E-state index in [2.05, 4.69) is 0 Å². The van der Waals surface area contributed by atoms with Crippen LogP contribution in [0.4, 0.5) is 9.18 Å². The Balaban J connectivity index is 2.80. The normalized spacial score (nSPS) is 23.4. The monoisotopic (exact) mass is 276 g/mol. The average Bonchev–Trinajstić information content (AvgIpc) is 2.67. The minimum Gasteiger partial charge on any atom is -0.444 e. The Morgan fingerprint density at radius 3 is 2.42 bits per heavy atom. The molecule has 0 unspecified atom stereocenters. The molecule has 6 nitrogen and oxygen atoms in total. The van der Waals surface area contributed by atoms with Gasteiger partial charge in [-0.15, -0.1) is 0 Å². The fourth-order valence-corrected chi connectivity index (χ4v) is 1.84. The lowest BCUT2D eigenvalue weighted by Gasteiger charge is -2.29. The summed E-state index contributed by atoms with van der Waals surface area (Å²) in [5.74, 6) is -0.464. The largest absolute Gasteiger partial charge is 0.444 e. The van der Waals surface area contributed by atoms with Crippen LogP contribution in [0.5, 0.6) is 0 Å². The number of carbonyl (C=O) groups excluding carboxylic acids is 2. The van der Waals surface area contributed by atoms with Crippen LogP contribution in [-0.2, 0) is 14.4 Å². The summed E-state index contributed by atoms with van der Waals surface area (Å²) in [6, 6.07) is -0.880.